The minimum atomic E-state index is 0.0551. The van der Waals surface area contributed by atoms with Crippen molar-refractivity contribution in [2.45, 2.75) is 45.1 Å². The van der Waals surface area contributed by atoms with E-state index in [1.807, 2.05) is 19.2 Å². The molecule has 1 spiro atoms. The lowest BCUT2D eigenvalue weighted by Gasteiger charge is -2.42. The van der Waals surface area contributed by atoms with Crippen molar-refractivity contribution in [3.05, 3.63) is 69.3 Å². The second-order valence-corrected chi connectivity index (χ2v) is 10.9. The first-order valence-corrected chi connectivity index (χ1v) is 13.2. The summed E-state index contributed by atoms with van der Waals surface area (Å²) in [6.07, 6.45) is 6.63. The second-order valence-electron chi connectivity index (χ2n) is 10.9. The molecule has 1 aliphatic carbocycles. The van der Waals surface area contributed by atoms with Gasteiger partial charge in [-0.15, -0.1) is 0 Å². The molecule has 0 bridgehead atoms. The van der Waals surface area contributed by atoms with Crippen LogP contribution in [-0.2, 0) is 19.9 Å². The summed E-state index contributed by atoms with van der Waals surface area (Å²) in [5.41, 5.74) is 13.8. The zero-order valence-electron chi connectivity index (χ0n) is 21.4. The molecule has 9 heteroatoms. The predicted molar refractivity (Wildman–Crippen MR) is 144 cm³/mol. The number of nitrogens with two attached hydrogens (primary N) is 1. The topological polar surface area (TPSA) is 109 Å². The largest absolute Gasteiger partial charge is 0.355 e. The van der Waals surface area contributed by atoms with Gasteiger partial charge in [-0.05, 0) is 61.6 Å². The molecule has 5 heterocycles. The standard InChI is InChI=1S/C28H32N8O/c1-17-25(35-14-10-28(11-15-35)16-18-6-3-4-7-19(18)23(28)29)31-24-22(30-17)26(33-32-24)36-12-5-8-20-21(36)9-13-34(2)27(20)37/h3-4,6-7,9,13,23H,5,8,10-12,14-16,29H2,1-2H3,(H,31,32,33)/t23-/m1/s1. The van der Waals surface area contributed by atoms with Crippen molar-refractivity contribution >= 4 is 28.5 Å². The Morgan fingerprint density at radius 1 is 1.08 bits per heavy atom. The summed E-state index contributed by atoms with van der Waals surface area (Å²) < 4.78 is 1.64. The average molecular weight is 497 g/mol. The van der Waals surface area contributed by atoms with Gasteiger partial charge >= 0.3 is 0 Å². The number of rotatable bonds is 2. The number of aromatic nitrogens is 5. The molecule has 190 valence electrons. The lowest BCUT2D eigenvalue weighted by atomic mass is 9.73. The number of hydrogen-bond acceptors (Lipinski definition) is 7. The van der Waals surface area contributed by atoms with Crippen molar-refractivity contribution in [1.29, 1.82) is 0 Å². The lowest BCUT2D eigenvalue weighted by molar-refractivity contribution is 0.187. The zero-order valence-corrected chi connectivity index (χ0v) is 21.4. The minimum absolute atomic E-state index is 0.0551. The highest BCUT2D eigenvalue weighted by molar-refractivity contribution is 5.88. The third kappa shape index (κ3) is 3.33. The smallest absolute Gasteiger partial charge is 0.255 e. The fourth-order valence-electron chi connectivity index (χ4n) is 6.78. The summed E-state index contributed by atoms with van der Waals surface area (Å²) in [4.78, 5) is 27.2. The molecule has 1 aromatic carbocycles. The lowest BCUT2D eigenvalue weighted by Crippen LogP contribution is -2.44. The van der Waals surface area contributed by atoms with Crippen molar-refractivity contribution in [1.82, 2.24) is 24.7 Å². The van der Waals surface area contributed by atoms with E-state index in [2.05, 4.69) is 44.3 Å². The summed E-state index contributed by atoms with van der Waals surface area (Å²) in [6, 6.07) is 10.7. The molecule has 2 aliphatic heterocycles. The van der Waals surface area contributed by atoms with E-state index in [1.165, 1.54) is 11.1 Å². The molecule has 7 rings (SSSR count). The van der Waals surface area contributed by atoms with Crippen LogP contribution in [0.3, 0.4) is 0 Å². The van der Waals surface area contributed by atoms with Crippen LogP contribution in [0, 0.1) is 12.3 Å². The molecule has 3 N–H and O–H groups in total. The van der Waals surface area contributed by atoms with E-state index in [0.717, 1.165) is 85.8 Å². The van der Waals surface area contributed by atoms with Crippen LogP contribution in [0.2, 0.25) is 0 Å². The Morgan fingerprint density at radius 2 is 1.89 bits per heavy atom. The van der Waals surface area contributed by atoms with E-state index < -0.39 is 0 Å². The van der Waals surface area contributed by atoms with E-state index in [0.29, 0.717) is 5.65 Å². The first kappa shape index (κ1) is 22.5. The van der Waals surface area contributed by atoms with Crippen molar-refractivity contribution < 1.29 is 0 Å². The number of aromatic amines is 1. The number of H-pyrrole nitrogens is 1. The highest BCUT2D eigenvalue weighted by Gasteiger charge is 2.46. The van der Waals surface area contributed by atoms with Gasteiger partial charge < -0.3 is 20.1 Å². The van der Waals surface area contributed by atoms with Crippen molar-refractivity contribution in [3.8, 4) is 0 Å². The molecule has 1 atom stereocenters. The van der Waals surface area contributed by atoms with Crippen LogP contribution in [0.25, 0.3) is 11.2 Å². The number of fused-ring (bicyclic) bond motifs is 3. The number of nitrogens with one attached hydrogen (secondary N) is 1. The summed E-state index contributed by atoms with van der Waals surface area (Å²) in [5, 5.41) is 7.74. The molecule has 0 radical (unpaired) electrons. The van der Waals surface area contributed by atoms with Crippen LogP contribution in [0.5, 0.6) is 0 Å². The number of hydrogen-bond donors (Lipinski definition) is 2. The Morgan fingerprint density at radius 3 is 2.70 bits per heavy atom. The predicted octanol–water partition coefficient (Wildman–Crippen LogP) is 3.29. The van der Waals surface area contributed by atoms with E-state index in [-0.39, 0.29) is 17.0 Å². The molecule has 9 nitrogen and oxygen atoms in total. The summed E-state index contributed by atoms with van der Waals surface area (Å²) >= 11 is 0. The number of pyridine rings is 1. The fraction of sp³-hybridized carbons (Fsp3) is 0.429. The van der Waals surface area contributed by atoms with Gasteiger partial charge in [0.05, 0.1) is 11.4 Å². The molecular weight excluding hydrogens is 464 g/mol. The van der Waals surface area contributed by atoms with Gasteiger partial charge in [-0.3, -0.25) is 9.89 Å². The molecule has 0 amide bonds. The number of anilines is 3. The quantitative estimate of drug-likeness (QED) is 0.438. The zero-order chi connectivity index (χ0) is 25.3. The highest BCUT2D eigenvalue weighted by Crippen LogP contribution is 2.51. The van der Waals surface area contributed by atoms with Gasteiger partial charge in [-0.25, -0.2) is 9.97 Å². The third-order valence-corrected chi connectivity index (χ3v) is 8.87. The SMILES string of the molecule is Cc1nc2c(N3CCCc4c3ccn(C)c4=O)n[nH]c2nc1N1CCC2(CC1)Cc1ccccc1[C@H]2N. The molecular formula is C28H32N8O. The fourth-order valence-corrected chi connectivity index (χ4v) is 6.78. The van der Waals surface area contributed by atoms with Gasteiger partial charge in [-0.2, -0.15) is 5.10 Å². The Labute approximate surface area is 215 Å². The van der Waals surface area contributed by atoms with Gasteiger partial charge in [-0.1, -0.05) is 24.3 Å². The Hall–Kier alpha value is -3.72. The molecule has 0 unspecified atom stereocenters. The van der Waals surface area contributed by atoms with Gasteiger partial charge in [0.2, 0.25) is 0 Å². The van der Waals surface area contributed by atoms with Crippen LogP contribution in [0.4, 0.5) is 17.3 Å². The van der Waals surface area contributed by atoms with Gasteiger partial charge in [0, 0.05) is 44.5 Å². The maximum Gasteiger partial charge on any atom is 0.255 e. The van der Waals surface area contributed by atoms with Gasteiger partial charge in [0.1, 0.15) is 0 Å². The van der Waals surface area contributed by atoms with Crippen LogP contribution in [0.15, 0.2) is 41.3 Å². The number of aryl methyl sites for hydroxylation is 2. The Kier molecular flexibility index (Phi) is 4.95. The average Bonchev–Trinajstić information content (AvgIpc) is 3.44. The van der Waals surface area contributed by atoms with Crippen LogP contribution in [-0.4, -0.2) is 44.4 Å². The number of nitrogens with zero attached hydrogens (tertiary/aromatic N) is 6. The van der Waals surface area contributed by atoms with Crippen molar-refractivity contribution in [2.75, 3.05) is 29.4 Å². The molecule has 3 aromatic heterocycles. The van der Waals surface area contributed by atoms with E-state index in [9.17, 15) is 4.79 Å². The Balaban J connectivity index is 1.17. The van der Waals surface area contributed by atoms with E-state index in [1.54, 1.807) is 11.6 Å². The van der Waals surface area contributed by atoms with Crippen LogP contribution >= 0.6 is 0 Å². The molecule has 1 fully saturated rings. The van der Waals surface area contributed by atoms with Gasteiger partial charge in [0.25, 0.3) is 5.56 Å². The maximum absolute atomic E-state index is 12.7. The summed E-state index contributed by atoms with van der Waals surface area (Å²) in [7, 11) is 1.80. The monoisotopic (exact) mass is 496 g/mol. The maximum atomic E-state index is 12.7. The van der Waals surface area contributed by atoms with E-state index >= 15 is 0 Å². The third-order valence-electron chi connectivity index (χ3n) is 8.87. The Bertz CT molecular complexity index is 1580. The second kappa shape index (κ2) is 8.14. The summed E-state index contributed by atoms with van der Waals surface area (Å²) in [5.74, 6) is 1.65. The van der Waals surface area contributed by atoms with Crippen molar-refractivity contribution in [3.63, 3.8) is 0 Å². The molecule has 0 saturated carbocycles. The number of piperidine rings is 1. The molecule has 4 aromatic rings. The molecule has 1 saturated heterocycles. The molecule has 3 aliphatic rings. The molecule has 37 heavy (non-hydrogen) atoms. The van der Waals surface area contributed by atoms with E-state index in [4.69, 9.17) is 15.7 Å². The first-order valence-electron chi connectivity index (χ1n) is 13.2. The minimum Gasteiger partial charge on any atom is -0.355 e. The van der Waals surface area contributed by atoms with Crippen molar-refractivity contribution in [2.24, 2.45) is 18.2 Å². The highest BCUT2D eigenvalue weighted by atomic mass is 16.1. The van der Waals surface area contributed by atoms with Crippen LogP contribution < -0.4 is 21.1 Å². The summed E-state index contributed by atoms with van der Waals surface area (Å²) in [6.45, 7) is 4.64. The van der Waals surface area contributed by atoms with Gasteiger partial charge in [0.15, 0.2) is 22.8 Å². The normalized spacial score (nSPS) is 20.5. The van der Waals surface area contributed by atoms with Crippen LogP contribution in [0.1, 0.15) is 47.7 Å². The first-order chi connectivity index (χ1) is 17.9. The number of benzene rings is 1.